The van der Waals surface area contributed by atoms with Gasteiger partial charge in [-0.05, 0) is 23.8 Å². The fraction of sp³-hybridized carbons (Fsp3) is 0.211. The van der Waals surface area contributed by atoms with E-state index >= 15 is 0 Å². The summed E-state index contributed by atoms with van der Waals surface area (Å²) in [5.74, 6) is 1.70. The summed E-state index contributed by atoms with van der Waals surface area (Å²) < 4.78 is 2.09. The van der Waals surface area contributed by atoms with Crippen molar-refractivity contribution in [3.8, 4) is 0 Å². The Balaban J connectivity index is 1.45. The zero-order valence-corrected chi connectivity index (χ0v) is 15.9. The van der Waals surface area contributed by atoms with Crippen LogP contribution >= 0.6 is 23.2 Å². The van der Waals surface area contributed by atoms with Gasteiger partial charge in [-0.25, -0.2) is 4.79 Å². The predicted octanol–water partition coefficient (Wildman–Crippen LogP) is 4.22. The zero-order chi connectivity index (χ0) is 18.8. The Labute approximate surface area is 166 Å². The van der Waals surface area contributed by atoms with Crippen LogP contribution in [0, 0.1) is 0 Å². The molecule has 2 heterocycles. The van der Waals surface area contributed by atoms with Gasteiger partial charge >= 0.3 is 6.03 Å². The van der Waals surface area contributed by atoms with E-state index in [9.17, 15) is 4.79 Å². The van der Waals surface area contributed by atoms with Gasteiger partial charge in [-0.1, -0.05) is 53.5 Å². The molecule has 0 fully saturated rings. The minimum absolute atomic E-state index is 0.224. The Hall–Kier alpha value is -2.57. The average molecular weight is 402 g/mol. The Morgan fingerprint density at radius 1 is 1.07 bits per heavy atom. The Morgan fingerprint density at radius 3 is 2.67 bits per heavy atom. The smallest absolute Gasteiger partial charge is 0.315 e. The number of rotatable bonds is 3. The molecule has 1 aliphatic rings. The molecule has 1 aliphatic heterocycles. The standard InChI is InChI=1S/C19H17Cl2N5O/c20-14-6-7-16(15(21)11-14)22-19(27)25-8-9-26-17(23-24-18(26)12-25)10-13-4-2-1-3-5-13/h1-7,11H,8-10,12H2,(H,22,27). The van der Waals surface area contributed by atoms with Crippen molar-refractivity contribution in [2.45, 2.75) is 19.5 Å². The summed E-state index contributed by atoms with van der Waals surface area (Å²) in [6.07, 6.45) is 0.723. The number of nitrogens with zero attached hydrogens (tertiary/aromatic N) is 4. The lowest BCUT2D eigenvalue weighted by Crippen LogP contribution is -2.41. The van der Waals surface area contributed by atoms with E-state index in [0.717, 1.165) is 18.1 Å². The summed E-state index contributed by atoms with van der Waals surface area (Å²) in [7, 11) is 0. The lowest BCUT2D eigenvalue weighted by atomic mass is 10.1. The normalized spacial score (nSPS) is 13.3. The highest BCUT2D eigenvalue weighted by molar-refractivity contribution is 6.36. The molecule has 2 aromatic carbocycles. The molecule has 0 saturated carbocycles. The van der Waals surface area contributed by atoms with E-state index in [1.807, 2.05) is 18.2 Å². The van der Waals surface area contributed by atoms with E-state index in [2.05, 4.69) is 32.2 Å². The number of benzene rings is 2. The minimum atomic E-state index is -0.224. The molecule has 6 nitrogen and oxygen atoms in total. The lowest BCUT2D eigenvalue weighted by molar-refractivity contribution is 0.195. The van der Waals surface area contributed by atoms with Crippen LogP contribution in [-0.4, -0.2) is 32.2 Å². The predicted molar refractivity (Wildman–Crippen MR) is 105 cm³/mol. The zero-order valence-electron chi connectivity index (χ0n) is 14.4. The quantitative estimate of drug-likeness (QED) is 0.714. The number of nitrogens with one attached hydrogen (secondary N) is 1. The monoisotopic (exact) mass is 401 g/mol. The highest BCUT2D eigenvalue weighted by atomic mass is 35.5. The topological polar surface area (TPSA) is 63.1 Å². The van der Waals surface area contributed by atoms with Crippen LogP contribution in [0.3, 0.4) is 0 Å². The van der Waals surface area contributed by atoms with E-state index in [4.69, 9.17) is 23.2 Å². The summed E-state index contributed by atoms with van der Waals surface area (Å²) in [4.78, 5) is 14.3. The van der Waals surface area contributed by atoms with E-state index in [1.54, 1.807) is 23.1 Å². The number of hydrogen-bond donors (Lipinski definition) is 1. The highest BCUT2D eigenvalue weighted by Gasteiger charge is 2.25. The Morgan fingerprint density at radius 2 is 1.89 bits per heavy atom. The molecule has 2 amide bonds. The number of halogens is 2. The molecule has 0 radical (unpaired) electrons. The lowest BCUT2D eigenvalue weighted by Gasteiger charge is -2.28. The number of carbonyl (C=O) groups excluding carboxylic acids is 1. The maximum absolute atomic E-state index is 12.6. The Bertz CT molecular complexity index is 973. The van der Waals surface area contributed by atoms with Crippen molar-refractivity contribution in [3.63, 3.8) is 0 Å². The first-order valence-corrected chi connectivity index (χ1v) is 9.31. The third-order valence-electron chi connectivity index (χ3n) is 4.49. The van der Waals surface area contributed by atoms with Crippen molar-refractivity contribution in [1.29, 1.82) is 0 Å². The van der Waals surface area contributed by atoms with E-state index in [1.165, 1.54) is 5.56 Å². The maximum atomic E-state index is 12.6. The van der Waals surface area contributed by atoms with Crippen LogP contribution < -0.4 is 5.32 Å². The van der Waals surface area contributed by atoms with Crippen LogP contribution in [-0.2, 0) is 19.5 Å². The first-order valence-electron chi connectivity index (χ1n) is 8.56. The van der Waals surface area contributed by atoms with E-state index < -0.39 is 0 Å². The van der Waals surface area contributed by atoms with Crippen LogP contribution in [0.2, 0.25) is 10.0 Å². The first kappa shape index (κ1) is 17.8. The average Bonchev–Trinajstić information content (AvgIpc) is 3.07. The number of hydrogen-bond acceptors (Lipinski definition) is 3. The Kier molecular flexibility index (Phi) is 5.01. The summed E-state index contributed by atoms with van der Waals surface area (Å²) in [6, 6.07) is 14.9. The summed E-state index contributed by atoms with van der Waals surface area (Å²) >= 11 is 12.0. The number of carbonyl (C=O) groups is 1. The van der Waals surface area contributed by atoms with Crippen LogP contribution in [0.25, 0.3) is 0 Å². The van der Waals surface area contributed by atoms with Gasteiger partial charge in [-0.2, -0.15) is 0 Å². The molecule has 0 saturated heterocycles. The molecule has 0 aliphatic carbocycles. The molecule has 3 aromatic rings. The minimum Gasteiger partial charge on any atom is -0.315 e. The van der Waals surface area contributed by atoms with Gasteiger partial charge in [-0.15, -0.1) is 10.2 Å². The number of anilines is 1. The van der Waals surface area contributed by atoms with Gasteiger partial charge in [0.1, 0.15) is 5.82 Å². The first-order chi connectivity index (χ1) is 13.1. The van der Waals surface area contributed by atoms with Gasteiger partial charge in [0, 0.05) is 24.5 Å². The van der Waals surface area contributed by atoms with Gasteiger partial charge in [-0.3, -0.25) is 0 Å². The molecular weight excluding hydrogens is 385 g/mol. The van der Waals surface area contributed by atoms with Crippen molar-refractivity contribution in [3.05, 3.63) is 75.8 Å². The van der Waals surface area contributed by atoms with Crippen molar-refractivity contribution in [1.82, 2.24) is 19.7 Å². The summed E-state index contributed by atoms with van der Waals surface area (Å²) in [6.45, 7) is 1.63. The second-order valence-corrected chi connectivity index (χ2v) is 7.17. The summed E-state index contributed by atoms with van der Waals surface area (Å²) in [5.41, 5.74) is 1.72. The molecule has 1 aromatic heterocycles. The fourth-order valence-electron chi connectivity index (χ4n) is 3.09. The molecule has 1 N–H and O–H groups in total. The molecule has 4 rings (SSSR count). The molecule has 27 heavy (non-hydrogen) atoms. The molecule has 138 valence electrons. The van der Waals surface area contributed by atoms with Crippen LogP contribution in [0.4, 0.5) is 10.5 Å². The van der Waals surface area contributed by atoms with Gasteiger partial charge in [0.05, 0.1) is 17.3 Å². The van der Waals surface area contributed by atoms with Gasteiger partial charge in [0.15, 0.2) is 5.82 Å². The third kappa shape index (κ3) is 3.91. The van der Waals surface area contributed by atoms with Gasteiger partial charge < -0.3 is 14.8 Å². The van der Waals surface area contributed by atoms with Gasteiger partial charge in [0.25, 0.3) is 0 Å². The SMILES string of the molecule is O=C(Nc1ccc(Cl)cc1Cl)N1CCn2c(Cc3ccccc3)nnc2C1. The number of aromatic nitrogens is 3. The van der Waals surface area contributed by atoms with E-state index in [-0.39, 0.29) is 6.03 Å². The molecule has 0 atom stereocenters. The van der Waals surface area contributed by atoms with Crippen LogP contribution in [0.1, 0.15) is 17.2 Å². The molecule has 0 bridgehead atoms. The van der Waals surface area contributed by atoms with Crippen molar-refractivity contribution >= 4 is 34.9 Å². The van der Waals surface area contributed by atoms with Crippen molar-refractivity contribution in [2.75, 3.05) is 11.9 Å². The second kappa shape index (κ2) is 7.58. The van der Waals surface area contributed by atoms with Crippen molar-refractivity contribution < 1.29 is 4.79 Å². The highest BCUT2D eigenvalue weighted by Crippen LogP contribution is 2.26. The maximum Gasteiger partial charge on any atom is 0.322 e. The summed E-state index contributed by atoms with van der Waals surface area (Å²) in [5, 5.41) is 12.3. The number of amides is 2. The molecule has 8 heteroatoms. The largest absolute Gasteiger partial charge is 0.322 e. The van der Waals surface area contributed by atoms with Crippen LogP contribution in [0.15, 0.2) is 48.5 Å². The van der Waals surface area contributed by atoms with Crippen molar-refractivity contribution in [2.24, 2.45) is 0 Å². The van der Waals surface area contributed by atoms with E-state index in [0.29, 0.717) is 35.4 Å². The second-order valence-electron chi connectivity index (χ2n) is 6.32. The number of fused-ring (bicyclic) bond motifs is 1. The molecule has 0 unspecified atom stereocenters. The molecule has 0 spiro atoms. The molecular formula is C19H17Cl2N5O. The van der Waals surface area contributed by atoms with Crippen LogP contribution in [0.5, 0.6) is 0 Å². The fourth-order valence-corrected chi connectivity index (χ4v) is 3.54. The van der Waals surface area contributed by atoms with Gasteiger partial charge in [0.2, 0.25) is 0 Å². The number of urea groups is 1. The third-order valence-corrected chi connectivity index (χ3v) is 5.04.